The molecule has 13 heavy (non-hydrogen) atoms. The minimum Gasteiger partial charge on any atom is -0.383 e. The SMILES string of the molecule is CC.COCCNC(C)C(F)(F)F. The number of methoxy groups -OCH3 is 1. The van der Waals surface area contributed by atoms with Crippen molar-refractivity contribution in [2.75, 3.05) is 20.3 Å². The first-order chi connectivity index (χ1) is 5.98. The van der Waals surface area contributed by atoms with Crippen molar-refractivity contribution in [1.82, 2.24) is 5.32 Å². The van der Waals surface area contributed by atoms with Gasteiger partial charge in [-0.05, 0) is 6.92 Å². The average Bonchev–Trinajstić information content (AvgIpc) is 2.07. The van der Waals surface area contributed by atoms with Gasteiger partial charge in [-0.3, -0.25) is 0 Å². The Kier molecular flexibility index (Phi) is 9.72. The van der Waals surface area contributed by atoms with Crippen molar-refractivity contribution in [3.05, 3.63) is 0 Å². The molecular formula is C8H18F3NO. The minimum atomic E-state index is -4.16. The van der Waals surface area contributed by atoms with Crippen molar-refractivity contribution >= 4 is 0 Å². The van der Waals surface area contributed by atoms with Crippen molar-refractivity contribution in [3.63, 3.8) is 0 Å². The van der Waals surface area contributed by atoms with Gasteiger partial charge in [0.05, 0.1) is 6.61 Å². The van der Waals surface area contributed by atoms with Gasteiger partial charge in [-0.15, -0.1) is 0 Å². The number of ether oxygens (including phenoxy) is 1. The Morgan fingerprint density at radius 2 is 1.77 bits per heavy atom. The topological polar surface area (TPSA) is 21.3 Å². The number of hydrogen-bond donors (Lipinski definition) is 1. The van der Waals surface area contributed by atoms with Crippen LogP contribution in [0.4, 0.5) is 13.2 Å². The van der Waals surface area contributed by atoms with E-state index < -0.39 is 12.2 Å². The van der Waals surface area contributed by atoms with Gasteiger partial charge in [-0.2, -0.15) is 13.2 Å². The zero-order valence-corrected chi connectivity index (χ0v) is 8.53. The normalized spacial score (nSPS) is 13.2. The molecule has 0 radical (unpaired) electrons. The van der Waals surface area contributed by atoms with Crippen LogP contribution in [0.25, 0.3) is 0 Å². The molecule has 0 bridgehead atoms. The van der Waals surface area contributed by atoms with Crippen LogP contribution in [-0.4, -0.2) is 32.5 Å². The largest absolute Gasteiger partial charge is 0.403 e. The number of halogens is 3. The van der Waals surface area contributed by atoms with Crippen molar-refractivity contribution in [2.24, 2.45) is 0 Å². The predicted octanol–water partition coefficient (Wildman–Crippen LogP) is 2.20. The lowest BCUT2D eigenvalue weighted by Crippen LogP contribution is -2.41. The third-order valence-electron chi connectivity index (χ3n) is 1.25. The Labute approximate surface area is 77.5 Å². The molecule has 0 rings (SSSR count). The molecule has 1 unspecified atom stereocenters. The molecule has 2 nitrogen and oxygen atoms in total. The molecule has 0 aliphatic rings. The summed E-state index contributed by atoms with van der Waals surface area (Å²) in [5.74, 6) is 0. The molecular weight excluding hydrogens is 183 g/mol. The summed E-state index contributed by atoms with van der Waals surface area (Å²) >= 11 is 0. The lowest BCUT2D eigenvalue weighted by molar-refractivity contribution is -0.151. The Balaban J connectivity index is 0. The van der Waals surface area contributed by atoms with Gasteiger partial charge in [-0.25, -0.2) is 0 Å². The maximum atomic E-state index is 11.8. The van der Waals surface area contributed by atoms with Crippen LogP contribution in [0.5, 0.6) is 0 Å². The number of hydrogen-bond acceptors (Lipinski definition) is 2. The molecule has 0 saturated heterocycles. The van der Waals surface area contributed by atoms with Gasteiger partial charge in [0, 0.05) is 13.7 Å². The van der Waals surface area contributed by atoms with Gasteiger partial charge < -0.3 is 10.1 Å². The summed E-state index contributed by atoms with van der Waals surface area (Å²) in [6, 6.07) is -1.46. The molecule has 0 fully saturated rings. The molecule has 0 spiro atoms. The first-order valence-electron chi connectivity index (χ1n) is 4.27. The van der Waals surface area contributed by atoms with Crippen LogP contribution in [0.15, 0.2) is 0 Å². The molecule has 1 atom stereocenters. The fourth-order valence-electron chi connectivity index (χ4n) is 0.493. The van der Waals surface area contributed by atoms with Gasteiger partial charge in [0.1, 0.15) is 6.04 Å². The number of alkyl halides is 3. The van der Waals surface area contributed by atoms with Crippen molar-refractivity contribution in [1.29, 1.82) is 0 Å². The van der Waals surface area contributed by atoms with Crippen LogP contribution in [-0.2, 0) is 4.74 Å². The Morgan fingerprint density at radius 3 is 2.08 bits per heavy atom. The summed E-state index contributed by atoms with van der Waals surface area (Å²) in [5.41, 5.74) is 0. The molecule has 82 valence electrons. The predicted molar refractivity (Wildman–Crippen MR) is 46.7 cm³/mol. The second-order valence-electron chi connectivity index (χ2n) is 2.21. The van der Waals surface area contributed by atoms with Gasteiger partial charge in [0.15, 0.2) is 0 Å². The molecule has 0 aliphatic carbocycles. The van der Waals surface area contributed by atoms with Crippen LogP contribution in [0, 0.1) is 0 Å². The molecule has 0 aromatic heterocycles. The molecule has 0 saturated carbocycles. The zero-order valence-electron chi connectivity index (χ0n) is 8.53. The highest BCUT2D eigenvalue weighted by molar-refractivity contribution is 4.68. The van der Waals surface area contributed by atoms with Crippen LogP contribution in [0.3, 0.4) is 0 Å². The van der Waals surface area contributed by atoms with Crippen LogP contribution in [0.2, 0.25) is 0 Å². The van der Waals surface area contributed by atoms with E-state index in [4.69, 9.17) is 0 Å². The minimum absolute atomic E-state index is 0.219. The Morgan fingerprint density at radius 1 is 1.31 bits per heavy atom. The van der Waals surface area contributed by atoms with Crippen molar-refractivity contribution in [2.45, 2.75) is 33.0 Å². The van der Waals surface area contributed by atoms with E-state index in [1.807, 2.05) is 13.8 Å². The second kappa shape index (κ2) is 8.31. The quantitative estimate of drug-likeness (QED) is 0.704. The summed E-state index contributed by atoms with van der Waals surface area (Å²) in [6.07, 6.45) is -4.16. The number of rotatable bonds is 4. The van der Waals surface area contributed by atoms with Crippen LogP contribution < -0.4 is 5.32 Å². The third-order valence-corrected chi connectivity index (χ3v) is 1.25. The van der Waals surface area contributed by atoms with E-state index in [0.29, 0.717) is 6.61 Å². The number of nitrogens with one attached hydrogen (secondary N) is 1. The second-order valence-corrected chi connectivity index (χ2v) is 2.21. The van der Waals surface area contributed by atoms with Gasteiger partial charge in [0.25, 0.3) is 0 Å². The fourth-order valence-corrected chi connectivity index (χ4v) is 0.493. The third kappa shape index (κ3) is 9.63. The smallest absolute Gasteiger partial charge is 0.383 e. The standard InChI is InChI=1S/C6H12F3NO.C2H6/c1-5(6(7,8)9)10-3-4-11-2;1-2/h5,10H,3-4H2,1-2H3;1-2H3. The summed E-state index contributed by atoms with van der Waals surface area (Å²) in [6.45, 7) is 5.59. The zero-order chi connectivity index (χ0) is 10.9. The maximum absolute atomic E-state index is 11.8. The highest BCUT2D eigenvalue weighted by Gasteiger charge is 2.35. The van der Waals surface area contributed by atoms with Gasteiger partial charge in [0.2, 0.25) is 0 Å². The molecule has 0 aromatic rings. The fraction of sp³-hybridized carbons (Fsp3) is 1.00. The van der Waals surface area contributed by atoms with Gasteiger partial charge in [-0.1, -0.05) is 13.8 Å². The van der Waals surface area contributed by atoms with Crippen molar-refractivity contribution in [3.8, 4) is 0 Å². The van der Waals surface area contributed by atoms with E-state index in [2.05, 4.69) is 10.1 Å². The highest BCUT2D eigenvalue weighted by Crippen LogP contribution is 2.18. The van der Waals surface area contributed by atoms with E-state index in [1.165, 1.54) is 7.11 Å². The monoisotopic (exact) mass is 201 g/mol. The van der Waals surface area contributed by atoms with Crippen LogP contribution >= 0.6 is 0 Å². The lowest BCUT2D eigenvalue weighted by atomic mass is 10.3. The molecule has 1 N–H and O–H groups in total. The van der Waals surface area contributed by atoms with E-state index in [-0.39, 0.29) is 6.54 Å². The van der Waals surface area contributed by atoms with E-state index >= 15 is 0 Å². The highest BCUT2D eigenvalue weighted by atomic mass is 19.4. The summed E-state index contributed by atoms with van der Waals surface area (Å²) in [5, 5.41) is 2.27. The first kappa shape index (κ1) is 15.2. The van der Waals surface area contributed by atoms with E-state index in [9.17, 15) is 13.2 Å². The van der Waals surface area contributed by atoms with E-state index in [1.54, 1.807) is 0 Å². The summed E-state index contributed by atoms with van der Waals surface area (Å²) in [7, 11) is 1.44. The Hall–Kier alpha value is -0.290. The maximum Gasteiger partial charge on any atom is 0.403 e. The lowest BCUT2D eigenvalue weighted by Gasteiger charge is -2.16. The summed E-state index contributed by atoms with van der Waals surface area (Å²) in [4.78, 5) is 0. The molecule has 5 heteroatoms. The average molecular weight is 201 g/mol. The molecule has 0 amide bonds. The van der Waals surface area contributed by atoms with Gasteiger partial charge >= 0.3 is 6.18 Å². The molecule has 0 aromatic carbocycles. The first-order valence-corrected chi connectivity index (χ1v) is 4.27. The van der Waals surface area contributed by atoms with Crippen LogP contribution in [0.1, 0.15) is 20.8 Å². The summed E-state index contributed by atoms with van der Waals surface area (Å²) < 4.78 is 39.9. The van der Waals surface area contributed by atoms with Crippen molar-refractivity contribution < 1.29 is 17.9 Å². The Bertz CT molecular complexity index is 106. The molecule has 0 heterocycles. The molecule has 0 aliphatic heterocycles. The van der Waals surface area contributed by atoms with E-state index in [0.717, 1.165) is 6.92 Å².